The molecule has 0 aliphatic carbocycles. The zero-order valence-corrected chi connectivity index (χ0v) is 14.9. The van der Waals surface area contributed by atoms with Crippen LogP contribution in [0.4, 0.5) is 19.0 Å². The van der Waals surface area contributed by atoms with Crippen molar-refractivity contribution in [2.75, 3.05) is 18.4 Å². The van der Waals surface area contributed by atoms with Gasteiger partial charge < -0.3 is 21.5 Å². The highest BCUT2D eigenvalue weighted by atomic mass is 19.4. The molecular weight excluding hydrogens is 359 g/mol. The standard InChI is InChI=1S/C18H22F3N5O/c1-10-5-12(18(19,20)21)7-15(27)16(10)14-6-11(8-22)17(26-25-14)24-13-3-2-4-23-9-13/h5-7,13,23,27H,2-4,8-9,22H2,1H3,(H,24,26)/t13-/m1/s1. The van der Waals surface area contributed by atoms with Gasteiger partial charge in [-0.15, -0.1) is 10.2 Å². The molecule has 0 spiro atoms. The Balaban J connectivity index is 1.93. The minimum absolute atomic E-state index is 0.186. The molecule has 2 heterocycles. The number of piperidine rings is 1. The second-order valence-electron chi connectivity index (χ2n) is 6.68. The Hall–Kier alpha value is -2.39. The summed E-state index contributed by atoms with van der Waals surface area (Å²) in [6.45, 7) is 3.48. The van der Waals surface area contributed by atoms with Crippen molar-refractivity contribution in [1.29, 1.82) is 0 Å². The maximum absolute atomic E-state index is 12.9. The van der Waals surface area contributed by atoms with E-state index in [4.69, 9.17) is 5.73 Å². The molecule has 1 fully saturated rings. The molecule has 27 heavy (non-hydrogen) atoms. The van der Waals surface area contributed by atoms with Crippen LogP contribution < -0.4 is 16.4 Å². The molecular formula is C18H22F3N5O. The highest BCUT2D eigenvalue weighted by Crippen LogP contribution is 2.38. The number of anilines is 1. The Kier molecular flexibility index (Phi) is 5.52. The lowest BCUT2D eigenvalue weighted by atomic mass is 9.99. The number of alkyl halides is 3. The number of aromatic nitrogens is 2. The summed E-state index contributed by atoms with van der Waals surface area (Å²) < 4.78 is 38.7. The van der Waals surface area contributed by atoms with Gasteiger partial charge in [0.25, 0.3) is 0 Å². The summed E-state index contributed by atoms with van der Waals surface area (Å²) in [4.78, 5) is 0. The first-order valence-corrected chi connectivity index (χ1v) is 8.74. The molecule has 0 saturated carbocycles. The third kappa shape index (κ3) is 4.30. The van der Waals surface area contributed by atoms with Gasteiger partial charge in [0.05, 0.1) is 11.3 Å². The summed E-state index contributed by atoms with van der Waals surface area (Å²) >= 11 is 0. The normalized spacial score (nSPS) is 17.7. The molecule has 0 radical (unpaired) electrons. The number of benzene rings is 1. The lowest BCUT2D eigenvalue weighted by Crippen LogP contribution is -2.39. The minimum Gasteiger partial charge on any atom is -0.507 e. The Morgan fingerprint density at radius 2 is 2.07 bits per heavy atom. The van der Waals surface area contributed by atoms with Gasteiger partial charge in [-0.05, 0) is 50.1 Å². The van der Waals surface area contributed by atoms with Gasteiger partial charge >= 0.3 is 6.18 Å². The molecule has 6 nitrogen and oxygen atoms in total. The lowest BCUT2D eigenvalue weighted by Gasteiger charge is -2.25. The Morgan fingerprint density at radius 1 is 1.30 bits per heavy atom. The van der Waals surface area contributed by atoms with Gasteiger partial charge in [0.2, 0.25) is 0 Å². The van der Waals surface area contributed by atoms with Crippen molar-refractivity contribution in [2.24, 2.45) is 5.73 Å². The molecule has 1 aromatic carbocycles. The molecule has 9 heteroatoms. The number of phenolic OH excluding ortho intramolecular Hbond substituents is 1. The number of nitrogens with two attached hydrogens (primary N) is 1. The fourth-order valence-electron chi connectivity index (χ4n) is 3.26. The van der Waals surface area contributed by atoms with Gasteiger partial charge in [-0.3, -0.25) is 0 Å². The number of aryl methyl sites for hydroxylation is 1. The number of phenols is 1. The van der Waals surface area contributed by atoms with Gasteiger partial charge in [0, 0.05) is 30.3 Å². The molecule has 2 aromatic rings. The summed E-state index contributed by atoms with van der Waals surface area (Å²) in [6, 6.07) is 3.55. The predicted molar refractivity (Wildman–Crippen MR) is 96.3 cm³/mol. The van der Waals surface area contributed by atoms with Crippen molar-refractivity contribution in [3.05, 3.63) is 34.9 Å². The number of hydrogen-bond donors (Lipinski definition) is 4. The van der Waals surface area contributed by atoms with Crippen molar-refractivity contribution in [2.45, 2.75) is 38.5 Å². The van der Waals surface area contributed by atoms with E-state index in [2.05, 4.69) is 20.8 Å². The highest BCUT2D eigenvalue weighted by Gasteiger charge is 2.32. The minimum atomic E-state index is -4.53. The van der Waals surface area contributed by atoms with Crippen molar-refractivity contribution >= 4 is 5.82 Å². The summed E-state index contributed by atoms with van der Waals surface area (Å²) in [5.41, 5.74) is 6.37. The number of hydrogen-bond acceptors (Lipinski definition) is 6. The quantitative estimate of drug-likeness (QED) is 0.651. The van der Waals surface area contributed by atoms with Crippen LogP contribution in [0.2, 0.25) is 0 Å². The van der Waals surface area contributed by atoms with Crippen LogP contribution in [0.15, 0.2) is 18.2 Å². The number of nitrogens with one attached hydrogen (secondary N) is 2. The van der Waals surface area contributed by atoms with Gasteiger partial charge in [0.1, 0.15) is 5.75 Å². The Morgan fingerprint density at radius 3 is 2.67 bits per heavy atom. The van der Waals surface area contributed by atoms with Crippen LogP contribution in [-0.2, 0) is 12.7 Å². The second kappa shape index (κ2) is 7.69. The first-order chi connectivity index (χ1) is 12.8. The van der Waals surface area contributed by atoms with E-state index in [0.29, 0.717) is 17.4 Å². The van der Waals surface area contributed by atoms with Crippen molar-refractivity contribution in [3.63, 3.8) is 0 Å². The molecule has 1 aliphatic rings. The van der Waals surface area contributed by atoms with Crippen LogP contribution in [0.25, 0.3) is 11.3 Å². The SMILES string of the molecule is Cc1cc(C(F)(F)F)cc(O)c1-c1cc(CN)c(N[C@@H]2CCCNC2)nn1. The summed E-state index contributed by atoms with van der Waals surface area (Å²) in [7, 11) is 0. The molecule has 1 aromatic heterocycles. The summed E-state index contributed by atoms with van der Waals surface area (Å²) in [5.74, 6) is 0.0655. The van der Waals surface area contributed by atoms with E-state index in [-0.39, 0.29) is 29.4 Å². The zero-order valence-electron chi connectivity index (χ0n) is 14.9. The van der Waals surface area contributed by atoms with E-state index in [1.807, 2.05) is 0 Å². The van der Waals surface area contributed by atoms with E-state index in [0.717, 1.165) is 32.0 Å². The van der Waals surface area contributed by atoms with Crippen LogP contribution >= 0.6 is 0 Å². The molecule has 0 amide bonds. The Labute approximate surface area is 155 Å². The van der Waals surface area contributed by atoms with E-state index in [1.165, 1.54) is 6.92 Å². The largest absolute Gasteiger partial charge is 0.507 e. The topological polar surface area (TPSA) is 96.1 Å². The van der Waals surface area contributed by atoms with Crippen LogP contribution in [0, 0.1) is 6.92 Å². The van der Waals surface area contributed by atoms with Gasteiger partial charge in [-0.2, -0.15) is 13.2 Å². The predicted octanol–water partition coefficient (Wildman–Crippen LogP) is 2.80. The average molecular weight is 381 g/mol. The Bertz CT molecular complexity index is 796. The van der Waals surface area contributed by atoms with Gasteiger partial charge in [-0.1, -0.05) is 0 Å². The monoisotopic (exact) mass is 381 g/mol. The third-order valence-electron chi connectivity index (χ3n) is 4.63. The van der Waals surface area contributed by atoms with Crippen LogP contribution in [0.5, 0.6) is 5.75 Å². The third-order valence-corrected chi connectivity index (χ3v) is 4.63. The highest BCUT2D eigenvalue weighted by molar-refractivity contribution is 5.72. The average Bonchev–Trinajstić information content (AvgIpc) is 2.62. The van der Waals surface area contributed by atoms with Crippen LogP contribution in [-0.4, -0.2) is 34.4 Å². The molecule has 3 rings (SSSR count). The van der Waals surface area contributed by atoms with E-state index in [9.17, 15) is 18.3 Å². The number of nitrogens with zero attached hydrogens (tertiary/aromatic N) is 2. The molecule has 146 valence electrons. The van der Waals surface area contributed by atoms with Crippen LogP contribution in [0.1, 0.15) is 29.5 Å². The maximum Gasteiger partial charge on any atom is 0.416 e. The second-order valence-corrected chi connectivity index (χ2v) is 6.68. The molecule has 5 N–H and O–H groups in total. The first-order valence-electron chi connectivity index (χ1n) is 8.74. The van der Waals surface area contributed by atoms with E-state index < -0.39 is 17.5 Å². The maximum atomic E-state index is 12.9. The lowest BCUT2D eigenvalue weighted by molar-refractivity contribution is -0.137. The first kappa shape index (κ1) is 19.4. The number of halogens is 3. The van der Waals surface area contributed by atoms with Crippen molar-refractivity contribution < 1.29 is 18.3 Å². The zero-order chi connectivity index (χ0) is 19.6. The molecule has 0 bridgehead atoms. The number of rotatable bonds is 4. The molecule has 1 saturated heterocycles. The van der Waals surface area contributed by atoms with E-state index in [1.54, 1.807) is 6.07 Å². The summed E-state index contributed by atoms with van der Waals surface area (Å²) in [5, 5.41) is 25.0. The van der Waals surface area contributed by atoms with Gasteiger partial charge in [-0.25, -0.2) is 0 Å². The molecule has 1 aliphatic heterocycles. The van der Waals surface area contributed by atoms with Gasteiger partial charge in [0.15, 0.2) is 5.82 Å². The smallest absolute Gasteiger partial charge is 0.416 e. The fraction of sp³-hybridized carbons (Fsp3) is 0.444. The van der Waals surface area contributed by atoms with Crippen molar-refractivity contribution in [1.82, 2.24) is 15.5 Å². The van der Waals surface area contributed by atoms with E-state index >= 15 is 0 Å². The molecule has 0 unspecified atom stereocenters. The molecule has 1 atom stereocenters. The van der Waals surface area contributed by atoms with Crippen LogP contribution in [0.3, 0.4) is 0 Å². The number of aromatic hydroxyl groups is 1. The van der Waals surface area contributed by atoms with Crippen molar-refractivity contribution in [3.8, 4) is 17.0 Å². The fourth-order valence-corrected chi connectivity index (χ4v) is 3.26. The summed E-state index contributed by atoms with van der Waals surface area (Å²) in [6.07, 6.45) is -2.48.